The largest absolute Gasteiger partial charge is 0.462 e. The van der Waals surface area contributed by atoms with Crippen molar-refractivity contribution in [3.05, 3.63) is 0 Å². The zero-order valence-electron chi connectivity index (χ0n) is 34.6. The first-order valence-electron chi connectivity index (χ1n) is 22.4. The molecule has 0 radical (unpaired) electrons. The van der Waals surface area contributed by atoms with Gasteiger partial charge in [0.05, 0.1) is 0 Å². The molecule has 51 heavy (non-hydrogen) atoms. The quantitative estimate of drug-likeness (QED) is 0.0356. The summed E-state index contributed by atoms with van der Waals surface area (Å²) in [5.41, 5.74) is 0. The van der Waals surface area contributed by atoms with Crippen LogP contribution in [0.1, 0.15) is 246 Å². The molecule has 0 aromatic heterocycles. The van der Waals surface area contributed by atoms with E-state index in [1.807, 2.05) is 0 Å². The van der Waals surface area contributed by atoms with E-state index >= 15 is 0 Å². The molecule has 0 aromatic rings. The molecule has 0 aliphatic carbocycles. The minimum Gasteiger partial charge on any atom is -0.462 e. The van der Waals surface area contributed by atoms with Crippen LogP contribution >= 0.6 is 0 Å². The Morgan fingerprint density at radius 2 is 0.686 bits per heavy atom. The number of unbranched alkanes of at least 4 members (excludes halogenated alkanes) is 26. The number of esters is 3. The van der Waals surface area contributed by atoms with Gasteiger partial charge in [-0.15, -0.1) is 0 Å². The maximum absolute atomic E-state index is 12.7. The van der Waals surface area contributed by atoms with E-state index in [1.165, 1.54) is 141 Å². The summed E-state index contributed by atoms with van der Waals surface area (Å²) in [6.07, 6.45) is 37.9. The highest BCUT2D eigenvalue weighted by atomic mass is 16.6. The summed E-state index contributed by atoms with van der Waals surface area (Å²) in [7, 11) is 0. The monoisotopic (exact) mass is 723 g/mol. The van der Waals surface area contributed by atoms with Crippen LogP contribution in [0.2, 0.25) is 0 Å². The zero-order chi connectivity index (χ0) is 37.5. The Morgan fingerprint density at radius 1 is 0.392 bits per heavy atom. The number of hydrogen-bond acceptors (Lipinski definition) is 6. The summed E-state index contributed by atoms with van der Waals surface area (Å²) < 4.78 is 16.7. The van der Waals surface area contributed by atoms with E-state index in [2.05, 4.69) is 27.7 Å². The van der Waals surface area contributed by atoms with Crippen LogP contribution in [0.25, 0.3) is 0 Å². The Morgan fingerprint density at radius 3 is 1.02 bits per heavy atom. The molecule has 1 unspecified atom stereocenters. The van der Waals surface area contributed by atoms with Crippen LogP contribution in [-0.4, -0.2) is 37.2 Å². The van der Waals surface area contributed by atoms with E-state index in [0.29, 0.717) is 19.3 Å². The fraction of sp³-hybridized carbons (Fsp3) is 0.933. The third kappa shape index (κ3) is 38.0. The smallest absolute Gasteiger partial charge is 0.306 e. The van der Waals surface area contributed by atoms with Gasteiger partial charge < -0.3 is 14.2 Å². The highest BCUT2D eigenvalue weighted by molar-refractivity contribution is 5.71. The number of hydrogen-bond donors (Lipinski definition) is 0. The molecule has 302 valence electrons. The third-order valence-corrected chi connectivity index (χ3v) is 10.4. The number of ether oxygens (including phenoxy) is 3. The van der Waals surface area contributed by atoms with Gasteiger partial charge in [0.15, 0.2) is 6.10 Å². The molecule has 0 heterocycles. The number of rotatable bonds is 40. The first-order chi connectivity index (χ1) is 24.9. The Kier molecular flexibility index (Phi) is 38.4. The lowest BCUT2D eigenvalue weighted by Crippen LogP contribution is -2.30. The van der Waals surface area contributed by atoms with Crippen molar-refractivity contribution < 1.29 is 28.6 Å². The number of carbonyl (C=O) groups excluding carboxylic acids is 3. The van der Waals surface area contributed by atoms with Crippen LogP contribution in [0.3, 0.4) is 0 Å². The number of carbonyl (C=O) groups is 3. The van der Waals surface area contributed by atoms with Crippen LogP contribution in [-0.2, 0) is 28.6 Å². The molecular weight excluding hydrogens is 636 g/mol. The molecule has 0 aliphatic heterocycles. The first kappa shape index (κ1) is 49.4. The van der Waals surface area contributed by atoms with Gasteiger partial charge in [-0.05, 0) is 25.2 Å². The molecule has 0 saturated carbocycles. The van der Waals surface area contributed by atoms with Gasteiger partial charge in [-0.3, -0.25) is 14.4 Å². The molecule has 6 heteroatoms. The third-order valence-electron chi connectivity index (χ3n) is 10.4. The Hall–Kier alpha value is -1.59. The lowest BCUT2D eigenvalue weighted by atomic mass is 9.99. The van der Waals surface area contributed by atoms with Crippen LogP contribution in [0.5, 0.6) is 0 Å². The lowest BCUT2D eigenvalue weighted by Gasteiger charge is -2.18. The molecule has 0 saturated heterocycles. The normalized spacial score (nSPS) is 12.5. The van der Waals surface area contributed by atoms with Gasteiger partial charge in [-0.1, -0.05) is 207 Å². The Bertz CT molecular complexity index is 768. The predicted molar refractivity (Wildman–Crippen MR) is 215 cm³/mol. The second kappa shape index (κ2) is 39.6. The van der Waals surface area contributed by atoms with Gasteiger partial charge in [-0.2, -0.15) is 0 Å². The molecule has 0 amide bonds. The van der Waals surface area contributed by atoms with Crippen LogP contribution in [0.15, 0.2) is 0 Å². The second-order valence-corrected chi connectivity index (χ2v) is 15.6. The Labute approximate surface area is 317 Å². The summed E-state index contributed by atoms with van der Waals surface area (Å²) in [6, 6.07) is 0. The molecule has 0 rings (SSSR count). The molecule has 0 aromatic carbocycles. The molecule has 0 spiro atoms. The second-order valence-electron chi connectivity index (χ2n) is 15.6. The van der Waals surface area contributed by atoms with Crippen molar-refractivity contribution in [1.82, 2.24) is 0 Å². The highest BCUT2D eigenvalue weighted by Crippen LogP contribution is 2.16. The van der Waals surface area contributed by atoms with E-state index in [-0.39, 0.29) is 31.1 Å². The minimum atomic E-state index is -0.758. The van der Waals surface area contributed by atoms with Crippen LogP contribution in [0.4, 0.5) is 0 Å². The molecule has 0 bridgehead atoms. The van der Waals surface area contributed by atoms with Crippen molar-refractivity contribution in [1.29, 1.82) is 0 Å². The summed E-state index contributed by atoms with van der Waals surface area (Å²) in [5, 5.41) is 0. The average Bonchev–Trinajstić information content (AvgIpc) is 3.13. The van der Waals surface area contributed by atoms with Crippen LogP contribution < -0.4 is 0 Å². The van der Waals surface area contributed by atoms with E-state index in [4.69, 9.17) is 14.2 Å². The van der Waals surface area contributed by atoms with E-state index in [1.54, 1.807) is 0 Å². The lowest BCUT2D eigenvalue weighted by molar-refractivity contribution is -0.167. The van der Waals surface area contributed by atoms with E-state index in [9.17, 15) is 14.4 Å². The van der Waals surface area contributed by atoms with Crippen molar-refractivity contribution in [3.8, 4) is 0 Å². The fourth-order valence-electron chi connectivity index (χ4n) is 6.59. The summed E-state index contributed by atoms with van der Waals surface area (Å²) >= 11 is 0. The van der Waals surface area contributed by atoms with Gasteiger partial charge in [0, 0.05) is 19.3 Å². The van der Waals surface area contributed by atoms with Gasteiger partial charge in [-0.25, -0.2) is 0 Å². The van der Waals surface area contributed by atoms with Crippen LogP contribution in [0, 0.1) is 5.92 Å². The Balaban J connectivity index is 4.34. The predicted octanol–water partition coefficient (Wildman–Crippen LogP) is 13.9. The van der Waals surface area contributed by atoms with Crippen molar-refractivity contribution >= 4 is 17.9 Å². The molecule has 6 nitrogen and oxygen atoms in total. The minimum absolute atomic E-state index is 0.0642. The molecule has 2 atom stereocenters. The van der Waals surface area contributed by atoms with Crippen molar-refractivity contribution in [2.24, 2.45) is 5.92 Å². The standard InChI is InChI=1S/C45H86O6/c1-5-8-10-12-14-16-18-20-24-28-32-36-43(46)49-39-42(51-45(48)38-34-30-26-19-17-15-13-11-9-6-2)40-50-44(47)37-33-29-25-22-21-23-27-31-35-41(4)7-3/h41-42H,5-40H2,1-4H3/t41?,42-/m1/s1. The highest BCUT2D eigenvalue weighted by Gasteiger charge is 2.19. The molecule has 0 aliphatic rings. The topological polar surface area (TPSA) is 78.9 Å². The van der Waals surface area contributed by atoms with Crippen molar-refractivity contribution in [2.75, 3.05) is 13.2 Å². The van der Waals surface area contributed by atoms with Gasteiger partial charge >= 0.3 is 17.9 Å². The molecule has 0 N–H and O–H groups in total. The molecular formula is C45H86O6. The summed E-state index contributed by atoms with van der Waals surface area (Å²) in [5.74, 6) is -0.0102. The zero-order valence-corrected chi connectivity index (χ0v) is 34.6. The van der Waals surface area contributed by atoms with Crippen molar-refractivity contribution in [2.45, 2.75) is 252 Å². The van der Waals surface area contributed by atoms with E-state index in [0.717, 1.165) is 63.7 Å². The molecule has 0 fully saturated rings. The average molecular weight is 723 g/mol. The van der Waals surface area contributed by atoms with Gasteiger partial charge in [0.1, 0.15) is 13.2 Å². The first-order valence-corrected chi connectivity index (χ1v) is 22.4. The fourth-order valence-corrected chi connectivity index (χ4v) is 6.59. The maximum atomic E-state index is 12.7. The SMILES string of the molecule is CCCCCCCCCCCCCC(=O)OC[C@H](COC(=O)CCCCCCCCCCC(C)CC)OC(=O)CCCCCCCCCCCC. The van der Waals surface area contributed by atoms with Gasteiger partial charge in [0.2, 0.25) is 0 Å². The van der Waals surface area contributed by atoms with Gasteiger partial charge in [0.25, 0.3) is 0 Å². The summed E-state index contributed by atoms with van der Waals surface area (Å²) in [4.78, 5) is 37.6. The van der Waals surface area contributed by atoms with E-state index < -0.39 is 6.10 Å². The van der Waals surface area contributed by atoms with Crippen molar-refractivity contribution in [3.63, 3.8) is 0 Å². The maximum Gasteiger partial charge on any atom is 0.306 e. The summed E-state index contributed by atoms with van der Waals surface area (Å²) in [6.45, 7) is 8.98.